The fourth-order valence-corrected chi connectivity index (χ4v) is 1.52. The lowest BCUT2D eigenvalue weighted by Crippen LogP contribution is -2.05. The molecule has 3 N–H and O–H groups in total. The van der Waals surface area contributed by atoms with Crippen molar-refractivity contribution in [2.45, 2.75) is 6.42 Å². The zero-order chi connectivity index (χ0) is 12.3. The molecule has 2 rings (SSSR count). The topological polar surface area (TPSA) is 89.1 Å². The van der Waals surface area contributed by atoms with E-state index in [-0.39, 0.29) is 12.2 Å². The first-order chi connectivity index (χ1) is 8.16. The van der Waals surface area contributed by atoms with Crippen LogP contribution in [0.15, 0.2) is 36.8 Å². The number of nitrogens with two attached hydrogens (primary N) is 1. The number of hydrogen-bond acceptors (Lipinski definition) is 4. The highest BCUT2D eigenvalue weighted by Crippen LogP contribution is 2.21. The van der Waals surface area contributed by atoms with Gasteiger partial charge in [-0.1, -0.05) is 6.07 Å². The van der Waals surface area contributed by atoms with E-state index in [4.69, 9.17) is 10.8 Å². The molecule has 0 aromatic carbocycles. The lowest BCUT2D eigenvalue weighted by Gasteiger charge is -2.05. The molecule has 0 saturated carbocycles. The highest BCUT2D eigenvalue weighted by Gasteiger charge is 2.08. The van der Waals surface area contributed by atoms with Gasteiger partial charge in [0.05, 0.1) is 6.42 Å². The average Bonchev–Trinajstić information content (AvgIpc) is 2.32. The maximum atomic E-state index is 10.7. The molecule has 0 amide bonds. The molecule has 0 saturated heterocycles. The molecule has 0 bridgehead atoms. The summed E-state index contributed by atoms with van der Waals surface area (Å²) < 4.78 is 0. The summed E-state index contributed by atoms with van der Waals surface area (Å²) in [6, 6.07) is 5.42. The van der Waals surface area contributed by atoms with Crippen LogP contribution in [0.1, 0.15) is 5.56 Å². The molecule has 0 atom stereocenters. The second kappa shape index (κ2) is 4.61. The molecule has 2 heterocycles. The lowest BCUT2D eigenvalue weighted by atomic mass is 10.1. The van der Waals surface area contributed by atoms with Crippen LogP contribution in [-0.2, 0) is 11.2 Å². The van der Waals surface area contributed by atoms with Gasteiger partial charge in [0.2, 0.25) is 0 Å². The van der Waals surface area contributed by atoms with Gasteiger partial charge in [0.15, 0.2) is 0 Å². The third-order valence-electron chi connectivity index (χ3n) is 2.34. The Balaban J connectivity index is 2.41. The van der Waals surface area contributed by atoms with E-state index in [1.165, 1.54) is 0 Å². The van der Waals surface area contributed by atoms with Crippen LogP contribution >= 0.6 is 0 Å². The number of carboxylic acids is 1. The van der Waals surface area contributed by atoms with Crippen molar-refractivity contribution in [1.29, 1.82) is 0 Å². The van der Waals surface area contributed by atoms with Gasteiger partial charge in [-0.25, -0.2) is 4.98 Å². The number of anilines is 1. The number of aromatic nitrogens is 2. The number of nitrogen functional groups attached to an aromatic ring is 1. The van der Waals surface area contributed by atoms with Crippen LogP contribution in [0, 0.1) is 0 Å². The summed E-state index contributed by atoms with van der Waals surface area (Å²) >= 11 is 0. The molecule has 17 heavy (non-hydrogen) atoms. The second-order valence-electron chi connectivity index (χ2n) is 3.58. The molecular weight excluding hydrogens is 218 g/mol. The van der Waals surface area contributed by atoms with Crippen molar-refractivity contribution in [1.82, 2.24) is 9.97 Å². The summed E-state index contributed by atoms with van der Waals surface area (Å²) in [6.07, 6.45) is 4.84. The van der Waals surface area contributed by atoms with Crippen molar-refractivity contribution in [3.05, 3.63) is 42.4 Å². The monoisotopic (exact) mass is 229 g/mol. The molecule has 86 valence electrons. The quantitative estimate of drug-likeness (QED) is 0.829. The first kappa shape index (κ1) is 11.1. The van der Waals surface area contributed by atoms with Crippen LogP contribution in [-0.4, -0.2) is 21.0 Å². The number of carbonyl (C=O) groups is 1. The molecule has 0 aliphatic rings. The minimum atomic E-state index is -0.929. The van der Waals surface area contributed by atoms with Gasteiger partial charge in [0, 0.05) is 35.3 Å². The maximum Gasteiger partial charge on any atom is 0.307 e. The van der Waals surface area contributed by atoms with E-state index in [9.17, 15) is 4.79 Å². The van der Waals surface area contributed by atoms with Gasteiger partial charge in [-0.3, -0.25) is 9.78 Å². The van der Waals surface area contributed by atoms with E-state index < -0.39 is 5.97 Å². The Bertz CT molecular complexity index is 541. The summed E-state index contributed by atoms with van der Waals surface area (Å²) in [5, 5.41) is 8.76. The summed E-state index contributed by atoms with van der Waals surface area (Å²) in [7, 11) is 0. The Hall–Kier alpha value is -2.43. The van der Waals surface area contributed by atoms with Gasteiger partial charge >= 0.3 is 5.97 Å². The molecule has 5 nitrogen and oxygen atoms in total. The van der Waals surface area contributed by atoms with Crippen molar-refractivity contribution in [3.8, 4) is 11.1 Å². The van der Waals surface area contributed by atoms with Gasteiger partial charge in [-0.15, -0.1) is 0 Å². The van der Waals surface area contributed by atoms with Gasteiger partial charge in [0.1, 0.15) is 5.82 Å². The molecule has 2 aromatic rings. The molecule has 0 aliphatic carbocycles. The number of rotatable bonds is 3. The lowest BCUT2D eigenvalue weighted by molar-refractivity contribution is -0.136. The van der Waals surface area contributed by atoms with E-state index in [1.807, 2.05) is 12.1 Å². The second-order valence-corrected chi connectivity index (χ2v) is 3.58. The standard InChI is InChI=1S/C12H11N3O2/c13-12-9(5-11(16)17)4-10(7-15-12)8-2-1-3-14-6-8/h1-4,6-7H,5H2,(H2,13,15)(H,16,17). The van der Waals surface area contributed by atoms with Crippen LogP contribution in [0.2, 0.25) is 0 Å². The molecule has 5 heteroatoms. The predicted molar refractivity (Wildman–Crippen MR) is 63.2 cm³/mol. The maximum absolute atomic E-state index is 10.7. The minimum absolute atomic E-state index is 0.132. The third kappa shape index (κ3) is 2.57. The zero-order valence-corrected chi connectivity index (χ0v) is 9.00. The third-order valence-corrected chi connectivity index (χ3v) is 2.34. The van der Waals surface area contributed by atoms with Crippen LogP contribution < -0.4 is 5.73 Å². The Kier molecular flexibility index (Phi) is 3.00. The number of pyridine rings is 2. The number of carboxylic acid groups (broad SMARTS) is 1. The predicted octanol–water partition coefficient (Wildman–Crippen LogP) is 1.35. The molecule has 0 radical (unpaired) electrons. The van der Waals surface area contributed by atoms with E-state index in [0.717, 1.165) is 11.1 Å². The van der Waals surface area contributed by atoms with Crippen molar-refractivity contribution in [2.75, 3.05) is 5.73 Å². The van der Waals surface area contributed by atoms with Crippen LogP contribution in [0.4, 0.5) is 5.82 Å². The summed E-state index contributed by atoms with van der Waals surface area (Å²) in [6.45, 7) is 0. The van der Waals surface area contributed by atoms with E-state index in [2.05, 4.69) is 9.97 Å². The number of hydrogen-bond donors (Lipinski definition) is 2. The molecular formula is C12H11N3O2. The first-order valence-electron chi connectivity index (χ1n) is 5.03. The Morgan fingerprint density at radius 3 is 2.82 bits per heavy atom. The number of aliphatic carboxylic acids is 1. The average molecular weight is 229 g/mol. The molecule has 0 aliphatic heterocycles. The molecule has 0 spiro atoms. The fourth-order valence-electron chi connectivity index (χ4n) is 1.52. The smallest absolute Gasteiger partial charge is 0.307 e. The summed E-state index contributed by atoms with van der Waals surface area (Å²) in [5.74, 6) is -0.679. The zero-order valence-electron chi connectivity index (χ0n) is 9.00. The van der Waals surface area contributed by atoms with E-state index in [1.54, 1.807) is 24.7 Å². The Labute approximate surface area is 98.0 Å². The van der Waals surface area contributed by atoms with Crippen molar-refractivity contribution >= 4 is 11.8 Å². The first-order valence-corrected chi connectivity index (χ1v) is 5.03. The van der Waals surface area contributed by atoms with E-state index in [0.29, 0.717) is 5.56 Å². The van der Waals surface area contributed by atoms with Crippen molar-refractivity contribution < 1.29 is 9.90 Å². The van der Waals surface area contributed by atoms with Gasteiger partial charge < -0.3 is 10.8 Å². The fraction of sp³-hybridized carbons (Fsp3) is 0.0833. The van der Waals surface area contributed by atoms with Crippen LogP contribution in [0.3, 0.4) is 0 Å². The normalized spacial score (nSPS) is 10.1. The van der Waals surface area contributed by atoms with Crippen molar-refractivity contribution in [2.24, 2.45) is 0 Å². The summed E-state index contributed by atoms with van der Waals surface area (Å²) in [4.78, 5) is 18.7. The minimum Gasteiger partial charge on any atom is -0.481 e. The number of nitrogens with zero attached hydrogens (tertiary/aromatic N) is 2. The molecule has 2 aromatic heterocycles. The van der Waals surface area contributed by atoms with Crippen LogP contribution in [0.25, 0.3) is 11.1 Å². The van der Waals surface area contributed by atoms with Gasteiger partial charge in [-0.05, 0) is 12.1 Å². The van der Waals surface area contributed by atoms with E-state index >= 15 is 0 Å². The highest BCUT2D eigenvalue weighted by atomic mass is 16.4. The SMILES string of the molecule is Nc1ncc(-c2cccnc2)cc1CC(=O)O. The van der Waals surface area contributed by atoms with Crippen LogP contribution in [0.5, 0.6) is 0 Å². The Morgan fingerprint density at radius 1 is 1.35 bits per heavy atom. The highest BCUT2D eigenvalue weighted by molar-refractivity contribution is 5.74. The van der Waals surface area contributed by atoms with Gasteiger partial charge in [-0.2, -0.15) is 0 Å². The van der Waals surface area contributed by atoms with Gasteiger partial charge in [0.25, 0.3) is 0 Å². The molecule has 0 unspecified atom stereocenters. The molecule has 0 fully saturated rings. The summed E-state index contributed by atoms with van der Waals surface area (Å²) in [5.41, 5.74) is 7.83. The Morgan fingerprint density at radius 2 is 2.18 bits per heavy atom. The largest absolute Gasteiger partial charge is 0.481 e. The van der Waals surface area contributed by atoms with Crippen molar-refractivity contribution in [3.63, 3.8) is 0 Å².